The second-order valence-corrected chi connectivity index (χ2v) is 4.62. The molecule has 94 valence electrons. The summed E-state index contributed by atoms with van der Waals surface area (Å²) in [5, 5.41) is 4.50. The van der Waals surface area contributed by atoms with Gasteiger partial charge in [0.2, 0.25) is 0 Å². The van der Waals surface area contributed by atoms with Crippen molar-refractivity contribution in [2.75, 3.05) is 6.61 Å². The fraction of sp³-hybridized carbons (Fsp3) is 0.357. The Morgan fingerprint density at radius 3 is 3.06 bits per heavy atom. The van der Waals surface area contributed by atoms with Gasteiger partial charge >= 0.3 is 0 Å². The highest BCUT2D eigenvalue weighted by Crippen LogP contribution is 2.29. The maximum atomic E-state index is 5.67. The molecule has 0 atom stereocenters. The van der Waals surface area contributed by atoms with Crippen LogP contribution in [-0.4, -0.2) is 16.4 Å². The zero-order valence-corrected chi connectivity index (χ0v) is 10.5. The topological polar surface area (TPSA) is 53.1 Å². The SMILES string of the molecule is Cn1nc(-c2ccc3c(c2)CCCO3)cc1CN. The van der Waals surface area contributed by atoms with Crippen molar-refractivity contribution in [3.05, 3.63) is 35.5 Å². The number of aromatic nitrogens is 2. The Labute approximate surface area is 106 Å². The van der Waals surface area contributed by atoms with Crippen LogP contribution in [0.2, 0.25) is 0 Å². The number of nitrogens with zero attached hydrogens (tertiary/aromatic N) is 2. The van der Waals surface area contributed by atoms with Gasteiger partial charge in [-0.3, -0.25) is 4.68 Å². The van der Waals surface area contributed by atoms with Crippen molar-refractivity contribution in [1.29, 1.82) is 0 Å². The number of ether oxygens (including phenoxy) is 1. The summed E-state index contributed by atoms with van der Waals surface area (Å²) in [5.41, 5.74) is 10.1. The maximum absolute atomic E-state index is 5.67. The van der Waals surface area contributed by atoms with Crippen molar-refractivity contribution >= 4 is 0 Å². The Morgan fingerprint density at radius 1 is 1.39 bits per heavy atom. The lowest BCUT2D eigenvalue weighted by molar-refractivity contribution is 0.288. The van der Waals surface area contributed by atoms with E-state index in [-0.39, 0.29) is 0 Å². The smallest absolute Gasteiger partial charge is 0.122 e. The van der Waals surface area contributed by atoms with E-state index in [1.807, 2.05) is 23.9 Å². The highest BCUT2D eigenvalue weighted by atomic mass is 16.5. The lowest BCUT2D eigenvalue weighted by atomic mass is 10.0. The van der Waals surface area contributed by atoms with Crippen LogP contribution in [0.3, 0.4) is 0 Å². The molecule has 0 spiro atoms. The number of nitrogens with two attached hydrogens (primary N) is 1. The number of hydrogen-bond donors (Lipinski definition) is 1. The molecule has 1 aromatic carbocycles. The quantitative estimate of drug-likeness (QED) is 0.876. The maximum Gasteiger partial charge on any atom is 0.122 e. The van der Waals surface area contributed by atoms with Gasteiger partial charge in [-0.15, -0.1) is 0 Å². The minimum absolute atomic E-state index is 0.511. The number of aryl methyl sites for hydroxylation is 2. The Bertz CT molecular complexity index is 574. The van der Waals surface area contributed by atoms with E-state index in [2.05, 4.69) is 17.2 Å². The van der Waals surface area contributed by atoms with Gasteiger partial charge in [0.05, 0.1) is 18.0 Å². The van der Waals surface area contributed by atoms with E-state index in [0.717, 1.165) is 42.1 Å². The molecule has 0 saturated carbocycles. The predicted molar refractivity (Wildman–Crippen MR) is 70.4 cm³/mol. The van der Waals surface area contributed by atoms with Crippen LogP contribution in [0.15, 0.2) is 24.3 Å². The standard InChI is InChI=1S/C14H17N3O/c1-17-12(9-15)8-13(16-17)10-4-5-14-11(7-10)3-2-6-18-14/h4-5,7-8H,2-3,6,9,15H2,1H3. The number of rotatable bonds is 2. The Morgan fingerprint density at radius 2 is 2.28 bits per heavy atom. The number of hydrogen-bond acceptors (Lipinski definition) is 3. The molecule has 2 heterocycles. The van der Waals surface area contributed by atoms with Crippen LogP contribution >= 0.6 is 0 Å². The van der Waals surface area contributed by atoms with Gasteiger partial charge in [-0.1, -0.05) is 0 Å². The summed E-state index contributed by atoms with van der Waals surface area (Å²) >= 11 is 0. The molecular formula is C14H17N3O. The van der Waals surface area contributed by atoms with Crippen molar-refractivity contribution in [1.82, 2.24) is 9.78 Å². The van der Waals surface area contributed by atoms with Crippen molar-refractivity contribution in [2.24, 2.45) is 12.8 Å². The number of fused-ring (bicyclic) bond motifs is 1. The summed E-state index contributed by atoms with van der Waals surface area (Å²) in [6, 6.07) is 8.33. The van der Waals surface area contributed by atoms with Crippen LogP contribution in [0.4, 0.5) is 0 Å². The van der Waals surface area contributed by atoms with Gasteiger partial charge in [0.25, 0.3) is 0 Å². The monoisotopic (exact) mass is 243 g/mol. The minimum Gasteiger partial charge on any atom is -0.493 e. The molecule has 0 amide bonds. The molecule has 0 unspecified atom stereocenters. The van der Waals surface area contributed by atoms with Gasteiger partial charge in [0.15, 0.2) is 0 Å². The van der Waals surface area contributed by atoms with E-state index in [1.165, 1.54) is 5.56 Å². The van der Waals surface area contributed by atoms with E-state index < -0.39 is 0 Å². The summed E-state index contributed by atoms with van der Waals surface area (Å²) < 4.78 is 7.46. The van der Waals surface area contributed by atoms with E-state index in [1.54, 1.807) is 0 Å². The molecule has 1 aromatic heterocycles. The van der Waals surface area contributed by atoms with Gasteiger partial charge in [0, 0.05) is 19.2 Å². The van der Waals surface area contributed by atoms with Crippen molar-refractivity contribution in [3.63, 3.8) is 0 Å². The molecular weight excluding hydrogens is 226 g/mol. The highest BCUT2D eigenvalue weighted by molar-refractivity contribution is 5.62. The first-order valence-electron chi connectivity index (χ1n) is 6.27. The minimum atomic E-state index is 0.511. The van der Waals surface area contributed by atoms with Gasteiger partial charge in [0.1, 0.15) is 5.75 Å². The molecule has 2 N–H and O–H groups in total. The largest absolute Gasteiger partial charge is 0.493 e. The van der Waals surface area contributed by atoms with Gasteiger partial charge < -0.3 is 10.5 Å². The molecule has 0 radical (unpaired) electrons. The molecule has 0 saturated heterocycles. The summed E-state index contributed by atoms with van der Waals surface area (Å²) in [6.07, 6.45) is 2.17. The molecule has 0 aliphatic carbocycles. The van der Waals surface area contributed by atoms with Crippen molar-refractivity contribution in [2.45, 2.75) is 19.4 Å². The molecule has 0 fully saturated rings. The zero-order valence-electron chi connectivity index (χ0n) is 10.5. The predicted octanol–water partition coefficient (Wildman–Crippen LogP) is 1.87. The van der Waals surface area contributed by atoms with Crippen LogP contribution in [-0.2, 0) is 20.0 Å². The van der Waals surface area contributed by atoms with E-state index in [9.17, 15) is 0 Å². The van der Waals surface area contributed by atoms with E-state index in [4.69, 9.17) is 10.5 Å². The summed E-state index contributed by atoms with van der Waals surface area (Å²) in [5.74, 6) is 1.01. The molecule has 1 aliphatic heterocycles. The molecule has 1 aliphatic rings. The van der Waals surface area contributed by atoms with Gasteiger partial charge in [-0.05, 0) is 42.7 Å². The van der Waals surface area contributed by atoms with E-state index >= 15 is 0 Å². The summed E-state index contributed by atoms with van der Waals surface area (Å²) in [7, 11) is 1.92. The van der Waals surface area contributed by atoms with Crippen LogP contribution in [0, 0.1) is 0 Å². The Hall–Kier alpha value is -1.81. The first-order valence-corrected chi connectivity index (χ1v) is 6.27. The van der Waals surface area contributed by atoms with Crippen LogP contribution in [0.1, 0.15) is 17.7 Å². The second kappa shape index (κ2) is 4.46. The normalized spacial score (nSPS) is 14.1. The first-order chi connectivity index (χ1) is 8.78. The van der Waals surface area contributed by atoms with Crippen LogP contribution in [0.5, 0.6) is 5.75 Å². The van der Waals surface area contributed by atoms with Crippen molar-refractivity contribution in [3.8, 4) is 17.0 Å². The fourth-order valence-corrected chi connectivity index (χ4v) is 2.36. The van der Waals surface area contributed by atoms with E-state index in [0.29, 0.717) is 6.54 Å². The Balaban J connectivity index is 2.00. The fourth-order valence-electron chi connectivity index (χ4n) is 2.36. The third-order valence-electron chi connectivity index (χ3n) is 3.39. The second-order valence-electron chi connectivity index (χ2n) is 4.62. The molecule has 3 rings (SSSR count). The molecule has 4 nitrogen and oxygen atoms in total. The Kier molecular flexibility index (Phi) is 2.80. The average Bonchev–Trinajstić information content (AvgIpc) is 2.79. The lowest BCUT2D eigenvalue weighted by Gasteiger charge is -2.17. The molecule has 18 heavy (non-hydrogen) atoms. The molecule has 2 aromatic rings. The summed E-state index contributed by atoms with van der Waals surface area (Å²) in [4.78, 5) is 0. The van der Waals surface area contributed by atoms with Crippen LogP contribution < -0.4 is 10.5 Å². The average molecular weight is 243 g/mol. The van der Waals surface area contributed by atoms with Crippen LogP contribution in [0.25, 0.3) is 11.3 Å². The van der Waals surface area contributed by atoms with Crippen molar-refractivity contribution < 1.29 is 4.74 Å². The lowest BCUT2D eigenvalue weighted by Crippen LogP contribution is -2.08. The number of benzene rings is 1. The molecule has 0 bridgehead atoms. The molecule has 4 heteroatoms. The highest BCUT2D eigenvalue weighted by Gasteiger charge is 2.13. The van der Waals surface area contributed by atoms with Gasteiger partial charge in [-0.2, -0.15) is 5.10 Å². The zero-order chi connectivity index (χ0) is 12.5. The van der Waals surface area contributed by atoms with Gasteiger partial charge in [-0.25, -0.2) is 0 Å². The third-order valence-corrected chi connectivity index (χ3v) is 3.39. The summed E-state index contributed by atoms with van der Waals surface area (Å²) in [6.45, 7) is 1.34. The first kappa shape index (κ1) is 11.3. The third kappa shape index (κ3) is 1.88.